The van der Waals surface area contributed by atoms with Crippen LogP contribution in [0.1, 0.15) is 0 Å². The molecule has 260 valence electrons. The summed E-state index contributed by atoms with van der Waals surface area (Å²) in [6.45, 7) is 0. The number of hydrogen-bond acceptors (Lipinski definition) is 4. The Morgan fingerprint density at radius 3 is 1.50 bits per heavy atom. The summed E-state index contributed by atoms with van der Waals surface area (Å²) in [4.78, 5) is 10.6. The zero-order valence-corrected chi connectivity index (χ0v) is 31.7. The van der Waals surface area contributed by atoms with Gasteiger partial charge in [0.25, 0.3) is 0 Å². The van der Waals surface area contributed by atoms with Gasteiger partial charge in [-0.2, -0.15) is 0 Å². The molecule has 3 heterocycles. The molecule has 56 heavy (non-hydrogen) atoms. The van der Waals surface area contributed by atoms with Crippen LogP contribution in [0.5, 0.6) is 0 Å². The number of rotatable bonds is 4. The summed E-state index contributed by atoms with van der Waals surface area (Å²) in [7, 11) is 0. The van der Waals surface area contributed by atoms with Crippen LogP contribution in [0.25, 0.3) is 118 Å². The maximum absolute atomic E-state index is 5.40. The molecule has 12 aromatic rings. The van der Waals surface area contributed by atoms with E-state index >= 15 is 0 Å². The van der Waals surface area contributed by atoms with Gasteiger partial charge in [-0.25, -0.2) is 4.98 Å². The summed E-state index contributed by atoms with van der Waals surface area (Å²) in [5.41, 5.74) is 11.0. The highest BCUT2D eigenvalue weighted by Crippen LogP contribution is 2.43. The highest BCUT2D eigenvalue weighted by molar-refractivity contribution is 7.26. The predicted octanol–water partition coefficient (Wildman–Crippen LogP) is 15.3. The average Bonchev–Trinajstić information content (AvgIpc) is 3.85. The zero-order valence-electron chi connectivity index (χ0n) is 30.0. The Morgan fingerprint density at radius 2 is 0.821 bits per heavy atom. The maximum atomic E-state index is 5.40. The maximum Gasteiger partial charge on any atom is 0.0979 e. The number of thiophene rings is 2. The van der Waals surface area contributed by atoms with Gasteiger partial charge >= 0.3 is 0 Å². The van der Waals surface area contributed by atoms with E-state index in [1.54, 1.807) is 0 Å². The van der Waals surface area contributed by atoms with E-state index in [1.165, 1.54) is 78.9 Å². The van der Waals surface area contributed by atoms with Crippen LogP contribution in [-0.4, -0.2) is 9.97 Å². The van der Waals surface area contributed by atoms with Crippen molar-refractivity contribution >= 4 is 95.6 Å². The third-order valence-electron chi connectivity index (χ3n) is 11.3. The van der Waals surface area contributed by atoms with Crippen molar-refractivity contribution < 1.29 is 0 Å². The standard InChI is InChI=1S/C52H30N2S2/c1-2-18-42-38(15-1)39-26-25-32(31-11-7-12-33(27-31)36-19-9-21-43-40-16-3-5-23-47(40)55-51(36)43)29-45(39)49-50(42)54-46(30-53-49)35-14-8-13-34(28-35)37-20-10-22-44-41-17-4-6-24-48(41)56-52(37)44/h1-30H. The number of fused-ring (bicyclic) bond motifs is 12. The van der Waals surface area contributed by atoms with E-state index in [0.717, 1.165) is 38.6 Å². The van der Waals surface area contributed by atoms with Crippen molar-refractivity contribution in [2.24, 2.45) is 0 Å². The van der Waals surface area contributed by atoms with Gasteiger partial charge in [0.1, 0.15) is 0 Å². The van der Waals surface area contributed by atoms with Crippen LogP contribution in [0.2, 0.25) is 0 Å². The first-order valence-corrected chi connectivity index (χ1v) is 20.5. The van der Waals surface area contributed by atoms with Crippen LogP contribution in [-0.2, 0) is 0 Å². The first kappa shape index (κ1) is 31.6. The Hall–Kier alpha value is -6.72. The quantitative estimate of drug-likeness (QED) is 0.168. The van der Waals surface area contributed by atoms with Crippen molar-refractivity contribution in [3.8, 4) is 44.6 Å². The van der Waals surface area contributed by atoms with Gasteiger partial charge in [0.15, 0.2) is 0 Å². The molecule has 12 rings (SSSR count). The number of benzene rings is 9. The second kappa shape index (κ2) is 12.4. The number of nitrogens with zero attached hydrogens (tertiary/aromatic N) is 2. The molecule has 0 saturated heterocycles. The van der Waals surface area contributed by atoms with Gasteiger partial charge in [-0.3, -0.25) is 4.98 Å². The molecule has 0 atom stereocenters. The Bertz CT molecular complexity index is 3360. The topological polar surface area (TPSA) is 25.8 Å². The van der Waals surface area contributed by atoms with Gasteiger partial charge in [-0.1, -0.05) is 146 Å². The van der Waals surface area contributed by atoms with E-state index in [9.17, 15) is 0 Å². The smallest absolute Gasteiger partial charge is 0.0979 e. The lowest BCUT2D eigenvalue weighted by Gasteiger charge is -2.13. The van der Waals surface area contributed by atoms with Gasteiger partial charge in [0.2, 0.25) is 0 Å². The molecule has 0 spiro atoms. The van der Waals surface area contributed by atoms with Gasteiger partial charge < -0.3 is 0 Å². The fraction of sp³-hybridized carbons (Fsp3) is 0. The van der Waals surface area contributed by atoms with Crippen molar-refractivity contribution in [2.45, 2.75) is 0 Å². The van der Waals surface area contributed by atoms with Crippen LogP contribution in [0.4, 0.5) is 0 Å². The molecule has 0 saturated carbocycles. The van der Waals surface area contributed by atoms with Crippen LogP contribution < -0.4 is 0 Å². The van der Waals surface area contributed by atoms with Crippen LogP contribution in [0, 0.1) is 0 Å². The normalized spacial score (nSPS) is 11.9. The summed E-state index contributed by atoms with van der Waals surface area (Å²) in [5.74, 6) is 0. The second-order valence-electron chi connectivity index (χ2n) is 14.5. The van der Waals surface area contributed by atoms with E-state index in [2.05, 4.69) is 176 Å². The molecule has 0 bridgehead atoms. The van der Waals surface area contributed by atoms with Crippen molar-refractivity contribution in [1.82, 2.24) is 9.97 Å². The lowest BCUT2D eigenvalue weighted by Crippen LogP contribution is -1.93. The molecule has 0 amide bonds. The third kappa shape index (κ3) is 4.86. The largest absolute Gasteiger partial charge is 0.252 e. The minimum absolute atomic E-state index is 0.867. The number of hydrogen-bond donors (Lipinski definition) is 0. The summed E-state index contributed by atoms with van der Waals surface area (Å²) < 4.78 is 5.27. The van der Waals surface area contributed by atoms with E-state index in [1.807, 2.05) is 28.9 Å². The van der Waals surface area contributed by atoms with Crippen molar-refractivity contribution in [1.29, 1.82) is 0 Å². The van der Waals surface area contributed by atoms with E-state index in [4.69, 9.17) is 9.97 Å². The molecule has 0 radical (unpaired) electrons. The van der Waals surface area contributed by atoms with Gasteiger partial charge in [-0.05, 0) is 74.5 Å². The minimum atomic E-state index is 0.867. The lowest BCUT2D eigenvalue weighted by molar-refractivity contribution is 1.31. The average molecular weight is 747 g/mol. The van der Waals surface area contributed by atoms with Gasteiger partial charge in [-0.15, -0.1) is 22.7 Å². The fourth-order valence-electron chi connectivity index (χ4n) is 8.65. The zero-order chi connectivity index (χ0) is 36.7. The summed E-state index contributed by atoms with van der Waals surface area (Å²) in [6.07, 6.45) is 1.95. The third-order valence-corrected chi connectivity index (χ3v) is 13.7. The molecule has 0 N–H and O–H groups in total. The molecule has 0 aliphatic rings. The second-order valence-corrected chi connectivity index (χ2v) is 16.6. The molecule has 0 fully saturated rings. The van der Waals surface area contributed by atoms with Crippen molar-refractivity contribution in [3.63, 3.8) is 0 Å². The molecule has 3 aromatic heterocycles. The SMILES string of the molecule is c1cc(-c2ccc3c4ccccc4c4nc(-c5cccc(-c6cccc7c6sc6ccccc67)c5)cnc4c3c2)cc(-c2cccc3c2sc2ccccc23)c1. The molecule has 4 heteroatoms. The highest BCUT2D eigenvalue weighted by Gasteiger charge is 2.16. The Morgan fingerprint density at radius 1 is 0.321 bits per heavy atom. The van der Waals surface area contributed by atoms with E-state index in [-0.39, 0.29) is 0 Å². The van der Waals surface area contributed by atoms with E-state index in [0.29, 0.717) is 0 Å². The molecular formula is C52H30N2S2. The van der Waals surface area contributed by atoms with Crippen LogP contribution >= 0.6 is 22.7 Å². The van der Waals surface area contributed by atoms with Gasteiger partial charge in [0.05, 0.1) is 22.9 Å². The predicted molar refractivity (Wildman–Crippen MR) is 242 cm³/mol. The van der Waals surface area contributed by atoms with Crippen molar-refractivity contribution in [2.75, 3.05) is 0 Å². The molecule has 0 aliphatic heterocycles. The molecule has 0 unspecified atom stereocenters. The summed E-state index contributed by atoms with van der Waals surface area (Å²) in [5, 5.41) is 9.84. The first-order chi connectivity index (χ1) is 27.7. The fourth-order valence-corrected chi connectivity index (χ4v) is 11.1. The Kier molecular flexibility index (Phi) is 7.00. The van der Waals surface area contributed by atoms with E-state index < -0.39 is 0 Å². The first-order valence-electron chi connectivity index (χ1n) is 18.9. The molecule has 9 aromatic carbocycles. The monoisotopic (exact) mass is 746 g/mol. The molecule has 0 aliphatic carbocycles. The lowest BCUT2D eigenvalue weighted by atomic mass is 9.94. The summed E-state index contributed by atoms with van der Waals surface area (Å²) in [6, 6.07) is 63.9. The van der Waals surface area contributed by atoms with Crippen molar-refractivity contribution in [3.05, 3.63) is 182 Å². The molecule has 2 nitrogen and oxygen atoms in total. The van der Waals surface area contributed by atoms with Crippen LogP contribution in [0.15, 0.2) is 182 Å². The highest BCUT2D eigenvalue weighted by atomic mass is 32.1. The molecular weight excluding hydrogens is 717 g/mol. The summed E-state index contributed by atoms with van der Waals surface area (Å²) >= 11 is 3.74. The van der Waals surface area contributed by atoms with Gasteiger partial charge in [0, 0.05) is 56.7 Å². The van der Waals surface area contributed by atoms with Crippen LogP contribution in [0.3, 0.4) is 0 Å². The minimum Gasteiger partial charge on any atom is -0.252 e. The number of aromatic nitrogens is 2. The Balaban J connectivity index is 0.990. The Labute approximate surface area is 330 Å².